The van der Waals surface area contributed by atoms with E-state index in [4.69, 9.17) is 5.11 Å². The lowest BCUT2D eigenvalue weighted by Crippen LogP contribution is -2.40. The van der Waals surface area contributed by atoms with Crippen molar-refractivity contribution < 1.29 is 14.7 Å². The molecule has 134 valence electrons. The van der Waals surface area contributed by atoms with Crippen molar-refractivity contribution in [2.75, 3.05) is 18.1 Å². The van der Waals surface area contributed by atoms with Gasteiger partial charge in [-0.2, -0.15) is 11.8 Å². The SMILES string of the molecule is CCSCCCCCCCCCCC(=O)N1CCC[C@H]1C(=O)O. The maximum Gasteiger partial charge on any atom is 0.326 e. The summed E-state index contributed by atoms with van der Waals surface area (Å²) in [5.74, 6) is 1.70. The number of rotatable bonds is 13. The molecule has 1 heterocycles. The monoisotopic (exact) mass is 343 g/mol. The summed E-state index contributed by atoms with van der Waals surface area (Å²) in [6.45, 7) is 2.83. The molecule has 0 aromatic rings. The van der Waals surface area contributed by atoms with Gasteiger partial charge in [0.15, 0.2) is 0 Å². The van der Waals surface area contributed by atoms with Gasteiger partial charge in [-0.25, -0.2) is 4.79 Å². The first-order valence-corrected chi connectivity index (χ1v) is 10.4. The molecular weight excluding hydrogens is 310 g/mol. The van der Waals surface area contributed by atoms with Gasteiger partial charge in [-0.3, -0.25) is 4.79 Å². The highest BCUT2D eigenvalue weighted by molar-refractivity contribution is 7.99. The van der Waals surface area contributed by atoms with Crippen LogP contribution in [-0.4, -0.2) is 46.0 Å². The first-order valence-electron chi connectivity index (χ1n) is 9.26. The maximum atomic E-state index is 12.1. The van der Waals surface area contributed by atoms with Gasteiger partial charge in [-0.15, -0.1) is 0 Å². The number of nitrogens with zero attached hydrogens (tertiary/aromatic N) is 1. The fraction of sp³-hybridized carbons (Fsp3) is 0.889. The summed E-state index contributed by atoms with van der Waals surface area (Å²) in [7, 11) is 0. The van der Waals surface area contributed by atoms with Crippen LogP contribution in [0.3, 0.4) is 0 Å². The second-order valence-corrected chi connectivity index (χ2v) is 7.75. The Morgan fingerprint density at radius 1 is 1.04 bits per heavy atom. The van der Waals surface area contributed by atoms with Crippen LogP contribution in [0.1, 0.15) is 77.6 Å². The van der Waals surface area contributed by atoms with Gasteiger partial charge in [0.2, 0.25) is 5.91 Å². The first-order chi connectivity index (χ1) is 11.2. The molecule has 0 aromatic carbocycles. The van der Waals surface area contributed by atoms with Crippen LogP contribution >= 0.6 is 11.8 Å². The van der Waals surface area contributed by atoms with Gasteiger partial charge in [0.25, 0.3) is 0 Å². The Morgan fingerprint density at radius 3 is 2.26 bits per heavy atom. The predicted octanol–water partition coefficient (Wildman–Crippen LogP) is 4.33. The molecule has 0 bridgehead atoms. The van der Waals surface area contributed by atoms with Crippen LogP contribution in [0.25, 0.3) is 0 Å². The molecule has 1 rings (SSSR count). The Kier molecular flexibility index (Phi) is 11.2. The number of hydrogen-bond donors (Lipinski definition) is 1. The molecule has 1 N–H and O–H groups in total. The molecule has 1 aliphatic heterocycles. The zero-order valence-corrected chi connectivity index (χ0v) is 15.4. The number of likely N-dealkylation sites (tertiary alicyclic amines) is 1. The Morgan fingerprint density at radius 2 is 1.65 bits per heavy atom. The minimum atomic E-state index is -0.854. The van der Waals surface area contributed by atoms with Crippen molar-refractivity contribution in [2.45, 2.75) is 83.6 Å². The fourth-order valence-electron chi connectivity index (χ4n) is 3.15. The number of thioether (sulfide) groups is 1. The van der Waals surface area contributed by atoms with Crippen LogP contribution < -0.4 is 0 Å². The van der Waals surface area contributed by atoms with E-state index in [0.717, 1.165) is 19.3 Å². The lowest BCUT2D eigenvalue weighted by Gasteiger charge is -2.21. The largest absolute Gasteiger partial charge is 0.480 e. The van der Waals surface area contributed by atoms with Crippen molar-refractivity contribution in [3.63, 3.8) is 0 Å². The third-order valence-corrected chi connectivity index (χ3v) is 5.48. The molecule has 1 fully saturated rings. The van der Waals surface area contributed by atoms with Gasteiger partial charge < -0.3 is 10.0 Å². The van der Waals surface area contributed by atoms with Crippen molar-refractivity contribution >= 4 is 23.6 Å². The standard InChI is InChI=1S/C18H33NO3S/c1-2-23-15-10-8-6-4-3-5-7-9-13-17(20)19-14-11-12-16(19)18(21)22/h16H,2-15H2,1H3,(H,21,22)/t16-/m0/s1. The number of unbranched alkanes of at least 4 members (excludes halogenated alkanes) is 7. The van der Waals surface area contributed by atoms with Crippen molar-refractivity contribution in [1.82, 2.24) is 4.90 Å². The Labute approximate surface area is 145 Å². The number of hydrogen-bond acceptors (Lipinski definition) is 3. The van der Waals surface area contributed by atoms with E-state index in [2.05, 4.69) is 6.92 Å². The van der Waals surface area contributed by atoms with Crippen LogP contribution in [0.4, 0.5) is 0 Å². The zero-order chi connectivity index (χ0) is 16.9. The smallest absolute Gasteiger partial charge is 0.326 e. The zero-order valence-electron chi connectivity index (χ0n) is 14.6. The Hall–Kier alpha value is -0.710. The topological polar surface area (TPSA) is 57.6 Å². The second kappa shape index (κ2) is 12.7. The van der Waals surface area contributed by atoms with Crippen LogP contribution in [0.5, 0.6) is 0 Å². The molecule has 5 heteroatoms. The predicted molar refractivity (Wildman–Crippen MR) is 96.9 cm³/mol. The molecule has 0 spiro atoms. The van der Waals surface area contributed by atoms with Crippen LogP contribution in [-0.2, 0) is 9.59 Å². The number of aliphatic carboxylic acids is 1. The Bertz CT molecular complexity index is 349. The molecule has 0 aromatic heterocycles. The Balaban J connectivity index is 1.94. The highest BCUT2D eigenvalue weighted by Crippen LogP contribution is 2.19. The van der Waals surface area contributed by atoms with Crippen molar-refractivity contribution in [1.29, 1.82) is 0 Å². The second-order valence-electron chi connectivity index (χ2n) is 6.36. The summed E-state index contributed by atoms with van der Waals surface area (Å²) in [6.07, 6.45) is 11.7. The molecule has 1 amide bonds. The summed E-state index contributed by atoms with van der Waals surface area (Å²) < 4.78 is 0. The molecule has 0 radical (unpaired) electrons. The molecule has 0 saturated carbocycles. The van der Waals surface area contributed by atoms with Crippen LogP contribution in [0.2, 0.25) is 0 Å². The number of carboxylic acid groups (broad SMARTS) is 1. The van der Waals surface area contributed by atoms with Crippen molar-refractivity contribution in [3.05, 3.63) is 0 Å². The summed E-state index contributed by atoms with van der Waals surface area (Å²) in [4.78, 5) is 24.7. The van der Waals surface area contributed by atoms with Gasteiger partial charge >= 0.3 is 5.97 Å². The van der Waals surface area contributed by atoms with Gasteiger partial charge in [0.05, 0.1) is 0 Å². The van der Waals surface area contributed by atoms with Crippen LogP contribution in [0.15, 0.2) is 0 Å². The lowest BCUT2D eigenvalue weighted by molar-refractivity contribution is -0.148. The summed E-state index contributed by atoms with van der Waals surface area (Å²) in [6, 6.07) is -0.576. The summed E-state index contributed by atoms with van der Waals surface area (Å²) in [5, 5.41) is 9.10. The van der Waals surface area contributed by atoms with E-state index in [0.29, 0.717) is 19.4 Å². The molecular formula is C18H33NO3S. The van der Waals surface area contributed by atoms with E-state index >= 15 is 0 Å². The highest BCUT2D eigenvalue weighted by atomic mass is 32.2. The minimum absolute atomic E-state index is 0.0309. The molecule has 1 atom stereocenters. The molecule has 1 saturated heterocycles. The average molecular weight is 344 g/mol. The molecule has 4 nitrogen and oxygen atoms in total. The van der Waals surface area contributed by atoms with E-state index < -0.39 is 12.0 Å². The highest BCUT2D eigenvalue weighted by Gasteiger charge is 2.33. The van der Waals surface area contributed by atoms with Gasteiger partial charge in [-0.1, -0.05) is 45.4 Å². The van der Waals surface area contributed by atoms with E-state index in [9.17, 15) is 9.59 Å². The van der Waals surface area contributed by atoms with Gasteiger partial charge in [-0.05, 0) is 37.2 Å². The van der Waals surface area contributed by atoms with E-state index in [1.807, 2.05) is 11.8 Å². The van der Waals surface area contributed by atoms with E-state index in [1.54, 1.807) is 4.90 Å². The quantitative estimate of drug-likeness (QED) is 0.506. The molecule has 0 unspecified atom stereocenters. The average Bonchev–Trinajstić information content (AvgIpc) is 3.02. The molecule has 0 aliphatic carbocycles. The molecule has 1 aliphatic rings. The van der Waals surface area contributed by atoms with Gasteiger partial charge in [0, 0.05) is 13.0 Å². The number of carbonyl (C=O) groups excluding carboxylic acids is 1. The third kappa shape index (κ3) is 8.63. The molecule has 23 heavy (non-hydrogen) atoms. The lowest BCUT2D eigenvalue weighted by atomic mass is 10.1. The van der Waals surface area contributed by atoms with Crippen molar-refractivity contribution in [3.8, 4) is 0 Å². The van der Waals surface area contributed by atoms with Crippen molar-refractivity contribution in [2.24, 2.45) is 0 Å². The minimum Gasteiger partial charge on any atom is -0.480 e. The fourth-order valence-corrected chi connectivity index (χ4v) is 3.85. The maximum absolute atomic E-state index is 12.1. The number of carbonyl (C=O) groups is 2. The number of carboxylic acids is 1. The third-order valence-electron chi connectivity index (χ3n) is 4.49. The summed E-state index contributed by atoms with van der Waals surface area (Å²) in [5.41, 5.74) is 0. The number of amides is 1. The van der Waals surface area contributed by atoms with Gasteiger partial charge in [0.1, 0.15) is 6.04 Å². The first kappa shape index (κ1) is 20.3. The van der Waals surface area contributed by atoms with Crippen LogP contribution in [0, 0.1) is 0 Å². The van der Waals surface area contributed by atoms with E-state index in [-0.39, 0.29) is 5.91 Å². The summed E-state index contributed by atoms with van der Waals surface area (Å²) >= 11 is 2.03. The van der Waals surface area contributed by atoms with E-state index in [1.165, 1.54) is 50.0 Å². The normalized spacial score (nSPS) is 17.6.